The van der Waals surface area contributed by atoms with Crippen LogP contribution in [0.15, 0.2) is 23.1 Å². The highest BCUT2D eigenvalue weighted by Gasteiger charge is 2.11. The number of rotatable bonds is 7. The van der Waals surface area contributed by atoms with Crippen LogP contribution in [0.3, 0.4) is 0 Å². The zero-order valence-corrected chi connectivity index (χ0v) is 13.7. The van der Waals surface area contributed by atoms with Gasteiger partial charge in [-0.3, -0.25) is 4.79 Å². The van der Waals surface area contributed by atoms with E-state index in [1.54, 1.807) is 30.8 Å². The van der Waals surface area contributed by atoms with Gasteiger partial charge in [-0.05, 0) is 17.9 Å². The molecule has 4 nitrogen and oxygen atoms in total. The molecule has 20 heavy (non-hydrogen) atoms. The van der Waals surface area contributed by atoms with Crippen molar-refractivity contribution in [3.63, 3.8) is 0 Å². The first-order valence-corrected chi connectivity index (χ1v) is 7.86. The summed E-state index contributed by atoms with van der Waals surface area (Å²) < 4.78 is 0. The number of carbonyl (C=O) groups excluding carboxylic acids is 1. The highest BCUT2D eigenvalue weighted by molar-refractivity contribution is 7.99. The van der Waals surface area contributed by atoms with Crippen molar-refractivity contribution in [1.82, 2.24) is 4.90 Å². The maximum atomic E-state index is 11.6. The fourth-order valence-electron chi connectivity index (χ4n) is 1.74. The molecule has 0 aliphatic heterocycles. The van der Waals surface area contributed by atoms with Crippen LogP contribution in [0.1, 0.15) is 18.9 Å². The first-order chi connectivity index (χ1) is 9.47. The van der Waals surface area contributed by atoms with Crippen LogP contribution in [-0.2, 0) is 4.79 Å². The van der Waals surface area contributed by atoms with Crippen molar-refractivity contribution < 1.29 is 4.79 Å². The molecule has 0 radical (unpaired) electrons. The van der Waals surface area contributed by atoms with Gasteiger partial charge in [0.2, 0.25) is 5.91 Å². The lowest BCUT2D eigenvalue weighted by Crippen LogP contribution is -2.24. The van der Waals surface area contributed by atoms with Gasteiger partial charge in [-0.1, -0.05) is 25.2 Å². The predicted molar refractivity (Wildman–Crippen MR) is 90.5 cm³/mol. The van der Waals surface area contributed by atoms with Crippen molar-refractivity contribution in [3.8, 4) is 0 Å². The molecule has 3 N–H and O–H groups in total. The third-order valence-electron chi connectivity index (χ3n) is 2.73. The summed E-state index contributed by atoms with van der Waals surface area (Å²) in [6, 6.07) is 5.92. The molecule has 0 heterocycles. The molecule has 1 aromatic rings. The molecule has 0 unspecified atom stereocenters. The van der Waals surface area contributed by atoms with Gasteiger partial charge < -0.3 is 16.0 Å². The molecule has 6 heteroatoms. The van der Waals surface area contributed by atoms with Gasteiger partial charge in [0.1, 0.15) is 4.99 Å². The number of benzene rings is 1. The monoisotopic (exact) mass is 311 g/mol. The largest absolute Gasteiger partial charge is 0.389 e. The first kappa shape index (κ1) is 16.8. The average molecular weight is 311 g/mol. The van der Waals surface area contributed by atoms with E-state index < -0.39 is 0 Å². The zero-order chi connectivity index (χ0) is 15.1. The number of carbonyl (C=O) groups is 1. The average Bonchev–Trinajstić information content (AvgIpc) is 2.38. The zero-order valence-electron chi connectivity index (χ0n) is 12.1. The number of hydrogen-bond acceptors (Lipinski definition) is 4. The van der Waals surface area contributed by atoms with Crippen molar-refractivity contribution in [2.75, 3.05) is 31.7 Å². The Morgan fingerprint density at radius 3 is 2.70 bits per heavy atom. The van der Waals surface area contributed by atoms with Crippen LogP contribution in [0.25, 0.3) is 0 Å². The summed E-state index contributed by atoms with van der Waals surface area (Å²) in [4.78, 5) is 14.6. The van der Waals surface area contributed by atoms with Crippen molar-refractivity contribution in [1.29, 1.82) is 0 Å². The Kier molecular flexibility index (Phi) is 6.81. The first-order valence-electron chi connectivity index (χ1n) is 6.47. The van der Waals surface area contributed by atoms with E-state index in [0.717, 1.165) is 21.9 Å². The fourth-order valence-corrected chi connectivity index (χ4v) is 2.87. The number of nitrogens with one attached hydrogen (secondary N) is 1. The third-order valence-corrected chi connectivity index (χ3v) is 3.87. The van der Waals surface area contributed by atoms with Crippen LogP contribution < -0.4 is 11.1 Å². The molecule has 0 fully saturated rings. The molecule has 1 aromatic carbocycles. The predicted octanol–water partition coefficient (Wildman–Crippen LogP) is 2.32. The Balaban J connectivity index is 2.81. The molecule has 0 bridgehead atoms. The summed E-state index contributed by atoms with van der Waals surface area (Å²) in [6.45, 7) is 2.65. The van der Waals surface area contributed by atoms with Gasteiger partial charge in [0.05, 0.1) is 0 Å². The van der Waals surface area contributed by atoms with Gasteiger partial charge in [-0.2, -0.15) is 0 Å². The molecular weight excluding hydrogens is 290 g/mol. The Labute approximate surface area is 130 Å². The Bertz CT molecular complexity index is 489. The number of anilines is 1. The lowest BCUT2D eigenvalue weighted by atomic mass is 10.1. The summed E-state index contributed by atoms with van der Waals surface area (Å²) >= 11 is 6.85. The highest BCUT2D eigenvalue weighted by atomic mass is 32.2. The fraction of sp³-hybridized carbons (Fsp3) is 0.429. The maximum Gasteiger partial charge on any atom is 0.223 e. The van der Waals surface area contributed by atoms with E-state index in [9.17, 15) is 4.79 Å². The van der Waals surface area contributed by atoms with E-state index in [1.807, 2.05) is 18.2 Å². The van der Waals surface area contributed by atoms with E-state index in [0.29, 0.717) is 18.0 Å². The molecule has 0 aliphatic rings. The number of hydrogen-bond donors (Lipinski definition) is 2. The summed E-state index contributed by atoms with van der Waals surface area (Å²) in [5.41, 5.74) is 7.59. The minimum Gasteiger partial charge on any atom is -0.389 e. The topological polar surface area (TPSA) is 58.4 Å². The molecule has 0 saturated carbocycles. The third kappa shape index (κ3) is 4.68. The van der Waals surface area contributed by atoms with Gasteiger partial charge >= 0.3 is 0 Å². The second-order valence-electron chi connectivity index (χ2n) is 4.44. The van der Waals surface area contributed by atoms with E-state index >= 15 is 0 Å². The molecule has 0 atom stereocenters. The SMILES string of the molecule is CCSc1cccc(NCCC(=O)N(C)C)c1C(N)=S. The Hall–Kier alpha value is -1.27. The Morgan fingerprint density at radius 1 is 1.45 bits per heavy atom. The highest BCUT2D eigenvalue weighted by Crippen LogP contribution is 2.28. The molecule has 1 rings (SSSR count). The van der Waals surface area contributed by atoms with E-state index in [2.05, 4.69) is 12.2 Å². The number of nitrogens with zero attached hydrogens (tertiary/aromatic N) is 1. The van der Waals surface area contributed by atoms with Crippen LogP contribution in [0, 0.1) is 0 Å². The summed E-state index contributed by atoms with van der Waals surface area (Å²) in [7, 11) is 3.50. The van der Waals surface area contributed by atoms with Gasteiger partial charge in [-0.25, -0.2) is 0 Å². The molecular formula is C14H21N3OS2. The second kappa shape index (κ2) is 8.11. The standard InChI is InChI=1S/C14H21N3OS2/c1-4-20-11-7-5-6-10(13(11)14(15)19)16-9-8-12(18)17(2)3/h5-7,16H,4,8-9H2,1-3H3,(H2,15,19). The smallest absolute Gasteiger partial charge is 0.223 e. The van der Waals surface area contributed by atoms with Crippen LogP contribution >= 0.6 is 24.0 Å². The number of thioether (sulfide) groups is 1. The quantitative estimate of drug-likeness (QED) is 0.598. The maximum absolute atomic E-state index is 11.6. The summed E-state index contributed by atoms with van der Waals surface area (Å²) in [5, 5.41) is 3.25. The lowest BCUT2D eigenvalue weighted by Gasteiger charge is -2.15. The minimum atomic E-state index is 0.0912. The van der Waals surface area contributed by atoms with Gasteiger partial charge in [0, 0.05) is 43.2 Å². The number of thiocarbonyl (C=S) groups is 1. The Morgan fingerprint density at radius 2 is 2.15 bits per heavy atom. The summed E-state index contributed by atoms with van der Waals surface area (Å²) in [6.07, 6.45) is 0.439. The van der Waals surface area contributed by atoms with Gasteiger partial charge in [0.25, 0.3) is 0 Å². The lowest BCUT2D eigenvalue weighted by molar-refractivity contribution is -0.128. The molecule has 0 spiro atoms. The van der Waals surface area contributed by atoms with Crippen molar-refractivity contribution in [2.45, 2.75) is 18.2 Å². The molecule has 110 valence electrons. The number of amides is 1. The van der Waals surface area contributed by atoms with Crippen molar-refractivity contribution in [2.24, 2.45) is 5.73 Å². The van der Waals surface area contributed by atoms with Crippen LogP contribution in [0.4, 0.5) is 5.69 Å². The summed E-state index contributed by atoms with van der Waals surface area (Å²) in [5.74, 6) is 1.05. The molecule has 1 amide bonds. The van der Waals surface area contributed by atoms with Crippen molar-refractivity contribution >= 4 is 40.6 Å². The molecule has 0 aliphatic carbocycles. The van der Waals surface area contributed by atoms with Gasteiger partial charge in [-0.15, -0.1) is 11.8 Å². The van der Waals surface area contributed by atoms with Crippen LogP contribution in [0.5, 0.6) is 0 Å². The van der Waals surface area contributed by atoms with E-state index in [-0.39, 0.29) is 5.91 Å². The number of nitrogens with two attached hydrogens (primary N) is 1. The van der Waals surface area contributed by atoms with Gasteiger partial charge in [0.15, 0.2) is 0 Å². The minimum absolute atomic E-state index is 0.0912. The van der Waals surface area contributed by atoms with Crippen molar-refractivity contribution in [3.05, 3.63) is 23.8 Å². The van der Waals surface area contributed by atoms with E-state index in [1.165, 1.54) is 0 Å². The molecule has 0 saturated heterocycles. The second-order valence-corrected chi connectivity index (χ2v) is 6.19. The van der Waals surface area contributed by atoms with E-state index in [4.69, 9.17) is 18.0 Å². The normalized spacial score (nSPS) is 10.2. The van der Waals surface area contributed by atoms with Crippen LogP contribution in [-0.4, -0.2) is 42.2 Å². The molecule has 0 aromatic heterocycles. The van der Waals surface area contributed by atoms with Crippen LogP contribution in [0.2, 0.25) is 0 Å².